The zero-order valence-corrected chi connectivity index (χ0v) is 20.5. The standard InChI is InChI=1S/C26H35F2N3O3/c1-23(2)15-24(3,4)17-25(34,16-23)26(27,28)22(33)31-11-7-8-20(31)19-12-18(13-29-19)14-30-10-6-5-9-21(30)32/h5-6,9-10,12,20,34H,7-8,11,13-17H2,1-4H3/t20-/m0/s1. The average Bonchev–Trinajstić information content (AvgIpc) is 3.35. The van der Waals surface area contributed by atoms with Crippen LogP contribution in [0.5, 0.6) is 0 Å². The molecule has 0 radical (unpaired) electrons. The van der Waals surface area contributed by atoms with Crippen molar-refractivity contribution in [2.75, 3.05) is 13.1 Å². The van der Waals surface area contributed by atoms with Crippen LogP contribution in [0.2, 0.25) is 0 Å². The number of rotatable bonds is 5. The van der Waals surface area contributed by atoms with E-state index in [-0.39, 0.29) is 24.9 Å². The number of likely N-dealkylation sites (tertiary alicyclic amines) is 1. The summed E-state index contributed by atoms with van der Waals surface area (Å²) in [4.78, 5) is 31.0. The molecule has 1 atom stereocenters. The van der Waals surface area contributed by atoms with Gasteiger partial charge in [-0.2, -0.15) is 8.78 Å². The molecule has 0 aromatic carbocycles. The maximum atomic E-state index is 15.8. The predicted octanol–water partition coefficient (Wildman–Crippen LogP) is 3.82. The minimum Gasteiger partial charge on any atom is -0.383 e. The van der Waals surface area contributed by atoms with Crippen LogP contribution in [0.4, 0.5) is 8.78 Å². The lowest BCUT2D eigenvalue weighted by molar-refractivity contribution is -0.230. The lowest BCUT2D eigenvalue weighted by atomic mass is 9.58. The maximum absolute atomic E-state index is 15.8. The normalized spacial score (nSPS) is 25.7. The summed E-state index contributed by atoms with van der Waals surface area (Å²) in [5, 5.41) is 11.2. The molecule has 34 heavy (non-hydrogen) atoms. The Balaban J connectivity index is 1.54. The van der Waals surface area contributed by atoms with Crippen LogP contribution in [0.1, 0.15) is 59.8 Å². The predicted molar refractivity (Wildman–Crippen MR) is 127 cm³/mol. The van der Waals surface area contributed by atoms with Gasteiger partial charge in [0, 0.05) is 25.4 Å². The van der Waals surface area contributed by atoms with E-state index >= 15 is 8.78 Å². The number of aromatic nitrogens is 1. The lowest BCUT2D eigenvalue weighted by Crippen LogP contribution is -2.63. The Labute approximate surface area is 199 Å². The third-order valence-electron chi connectivity index (χ3n) is 7.30. The van der Waals surface area contributed by atoms with Gasteiger partial charge in [0.2, 0.25) is 0 Å². The highest BCUT2D eigenvalue weighted by molar-refractivity contribution is 6.04. The van der Waals surface area contributed by atoms with Crippen LogP contribution in [-0.4, -0.2) is 56.8 Å². The topological polar surface area (TPSA) is 74.9 Å². The van der Waals surface area contributed by atoms with Crippen molar-refractivity contribution >= 4 is 11.6 Å². The van der Waals surface area contributed by atoms with Crippen LogP contribution >= 0.6 is 0 Å². The maximum Gasteiger partial charge on any atom is 0.352 e. The van der Waals surface area contributed by atoms with E-state index < -0.39 is 34.3 Å². The second kappa shape index (κ2) is 8.40. The molecule has 3 heterocycles. The monoisotopic (exact) mass is 475 g/mol. The summed E-state index contributed by atoms with van der Waals surface area (Å²) in [6.45, 7) is 8.44. The number of halogens is 2. The summed E-state index contributed by atoms with van der Waals surface area (Å²) < 4.78 is 33.1. The molecule has 6 nitrogen and oxygen atoms in total. The Kier molecular flexibility index (Phi) is 6.12. The van der Waals surface area contributed by atoms with Crippen LogP contribution in [0.25, 0.3) is 0 Å². The molecule has 2 fully saturated rings. The fourth-order valence-corrected chi connectivity index (χ4v) is 6.59. The van der Waals surface area contributed by atoms with Crippen molar-refractivity contribution < 1.29 is 18.7 Å². The van der Waals surface area contributed by atoms with Gasteiger partial charge >= 0.3 is 5.92 Å². The molecule has 3 aliphatic rings. The summed E-state index contributed by atoms with van der Waals surface area (Å²) in [7, 11) is 0. The molecule has 0 spiro atoms. The number of hydrogen-bond donors (Lipinski definition) is 1. The summed E-state index contributed by atoms with van der Waals surface area (Å²) in [6.07, 6.45) is 5.12. The van der Waals surface area contributed by atoms with Gasteiger partial charge < -0.3 is 14.6 Å². The Morgan fingerprint density at radius 3 is 2.50 bits per heavy atom. The van der Waals surface area contributed by atoms with Gasteiger partial charge in [-0.15, -0.1) is 0 Å². The zero-order chi connectivity index (χ0) is 24.9. The number of pyridine rings is 1. The first-order valence-corrected chi connectivity index (χ1v) is 12.0. The Morgan fingerprint density at radius 1 is 1.18 bits per heavy atom. The summed E-state index contributed by atoms with van der Waals surface area (Å²) >= 11 is 0. The van der Waals surface area contributed by atoms with Crippen molar-refractivity contribution in [1.29, 1.82) is 0 Å². The fraction of sp³-hybridized carbons (Fsp3) is 0.654. The van der Waals surface area contributed by atoms with Crippen molar-refractivity contribution in [2.45, 2.75) is 83.9 Å². The Morgan fingerprint density at radius 2 is 1.85 bits per heavy atom. The SMILES string of the molecule is CC1(C)CC(C)(C)CC(O)(C(F)(F)C(=O)N2CCC[C@H]2C2=NCC(Cn3ccccc3=O)=C2)C1. The summed E-state index contributed by atoms with van der Waals surface area (Å²) in [5.41, 5.74) is -2.04. The second-order valence-electron chi connectivity index (χ2n) is 11.8. The Bertz CT molecular complexity index is 1070. The van der Waals surface area contributed by atoms with E-state index in [0.717, 1.165) is 5.57 Å². The van der Waals surface area contributed by atoms with Gasteiger partial charge in [0.05, 0.1) is 18.3 Å². The largest absolute Gasteiger partial charge is 0.383 e. The number of aliphatic hydroxyl groups is 1. The van der Waals surface area contributed by atoms with Crippen LogP contribution < -0.4 is 5.56 Å². The molecule has 1 aliphatic carbocycles. The molecular formula is C26H35F2N3O3. The van der Waals surface area contributed by atoms with Gasteiger partial charge in [-0.25, -0.2) is 0 Å². The fourth-order valence-electron chi connectivity index (χ4n) is 6.59. The van der Waals surface area contributed by atoms with Crippen molar-refractivity contribution in [2.24, 2.45) is 15.8 Å². The molecule has 1 aromatic rings. The first-order chi connectivity index (χ1) is 15.7. The van der Waals surface area contributed by atoms with Crippen LogP contribution in [0, 0.1) is 10.8 Å². The van der Waals surface area contributed by atoms with Gasteiger partial charge in [0.15, 0.2) is 0 Å². The second-order valence-corrected chi connectivity index (χ2v) is 11.8. The van der Waals surface area contributed by atoms with Crippen molar-refractivity contribution in [3.05, 3.63) is 46.4 Å². The van der Waals surface area contributed by atoms with Crippen LogP contribution in [0.15, 0.2) is 45.8 Å². The van der Waals surface area contributed by atoms with E-state index in [1.807, 2.05) is 33.8 Å². The molecule has 0 unspecified atom stereocenters. The highest BCUT2D eigenvalue weighted by atomic mass is 19.3. The van der Waals surface area contributed by atoms with Gasteiger partial charge in [0.25, 0.3) is 11.5 Å². The molecule has 2 aliphatic heterocycles. The van der Waals surface area contributed by atoms with E-state index in [2.05, 4.69) is 4.99 Å². The average molecular weight is 476 g/mol. The van der Waals surface area contributed by atoms with Crippen molar-refractivity contribution in [3.63, 3.8) is 0 Å². The summed E-state index contributed by atoms with van der Waals surface area (Å²) in [6, 6.07) is 4.39. The van der Waals surface area contributed by atoms with Gasteiger partial charge in [0.1, 0.15) is 5.60 Å². The highest BCUT2D eigenvalue weighted by Crippen LogP contribution is 2.55. The number of aliphatic imine (C=N–C) groups is 1. The molecule has 1 N–H and O–H groups in total. The molecule has 1 saturated carbocycles. The smallest absolute Gasteiger partial charge is 0.352 e. The number of nitrogens with zero attached hydrogens (tertiary/aromatic N) is 3. The third-order valence-corrected chi connectivity index (χ3v) is 7.30. The molecule has 0 bridgehead atoms. The molecule has 1 aromatic heterocycles. The summed E-state index contributed by atoms with van der Waals surface area (Å²) in [5.74, 6) is -5.21. The molecule has 1 amide bonds. The quantitative estimate of drug-likeness (QED) is 0.704. The lowest BCUT2D eigenvalue weighted by Gasteiger charge is -2.51. The minimum atomic E-state index is -3.90. The van der Waals surface area contributed by atoms with E-state index in [4.69, 9.17) is 0 Å². The van der Waals surface area contributed by atoms with E-state index in [1.165, 1.54) is 11.0 Å². The molecule has 8 heteroatoms. The molecule has 1 saturated heterocycles. The number of alkyl halides is 2. The van der Waals surface area contributed by atoms with Crippen molar-refractivity contribution in [3.8, 4) is 0 Å². The van der Waals surface area contributed by atoms with Gasteiger partial charge in [-0.05, 0) is 60.6 Å². The number of hydrogen-bond acceptors (Lipinski definition) is 4. The number of carbonyl (C=O) groups excluding carboxylic acids is 1. The third kappa shape index (κ3) is 4.61. The molecule has 4 rings (SSSR count). The van der Waals surface area contributed by atoms with Crippen LogP contribution in [-0.2, 0) is 11.3 Å². The van der Waals surface area contributed by atoms with Gasteiger partial charge in [-0.3, -0.25) is 14.6 Å². The minimum absolute atomic E-state index is 0.124. The van der Waals surface area contributed by atoms with E-state index in [1.54, 1.807) is 22.9 Å². The first kappa shape index (κ1) is 24.8. The van der Waals surface area contributed by atoms with Gasteiger partial charge in [-0.1, -0.05) is 33.8 Å². The Hall–Kier alpha value is -2.35. The van der Waals surface area contributed by atoms with E-state index in [0.29, 0.717) is 38.1 Å². The first-order valence-electron chi connectivity index (χ1n) is 12.0. The molecule has 186 valence electrons. The van der Waals surface area contributed by atoms with Crippen LogP contribution in [0.3, 0.4) is 0 Å². The molecular weight excluding hydrogens is 440 g/mol. The number of amides is 1. The van der Waals surface area contributed by atoms with E-state index in [9.17, 15) is 14.7 Å². The highest BCUT2D eigenvalue weighted by Gasteiger charge is 2.65. The number of carbonyl (C=O) groups is 1. The van der Waals surface area contributed by atoms with Crippen molar-refractivity contribution in [1.82, 2.24) is 9.47 Å². The zero-order valence-electron chi connectivity index (χ0n) is 20.5.